The van der Waals surface area contributed by atoms with Gasteiger partial charge in [-0.2, -0.15) is 0 Å². The van der Waals surface area contributed by atoms with Crippen molar-refractivity contribution < 1.29 is 4.74 Å². The van der Waals surface area contributed by atoms with Crippen LogP contribution >= 0.6 is 0 Å². The number of hydrogen-bond donors (Lipinski definition) is 1. The lowest BCUT2D eigenvalue weighted by Gasteiger charge is -2.25. The van der Waals surface area contributed by atoms with E-state index in [2.05, 4.69) is 31.0 Å². The highest BCUT2D eigenvalue weighted by molar-refractivity contribution is 5.29. The van der Waals surface area contributed by atoms with Gasteiger partial charge in [0.25, 0.3) is 0 Å². The second-order valence-corrected chi connectivity index (χ2v) is 4.42. The molecule has 2 heteroatoms. The molecule has 0 saturated heterocycles. The second-order valence-electron chi connectivity index (χ2n) is 4.42. The van der Waals surface area contributed by atoms with Crippen LogP contribution in [0.25, 0.3) is 0 Å². The van der Waals surface area contributed by atoms with Crippen LogP contribution in [0.2, 0.25) is 0 Å². The van der Waals surface area contributed by atoms with E-state index in [1.807, 2.05) is 25.3 Å². The van der Waals surface area contributed by atoms with E-state index in [0.29, 0.717) is 0 Å². The summed E-state index contributed by atoms with van der Waals surface area (Å²) >= 11 is 0. The zero-order valence-corrected chi connectivity index (χ0v) is 10.4. The van der Waals surface area contributed by atoms with Crippen LogP contribution in [0.5, 0.6) is 5.75 Å². The van der Waals surface area contributed by atoms with Crippen LogP contribution in [-0.2, 0) is 6.42 Å². The Kier molecular flexibility index (Phi) is 4.56. The highest BCUT2D eigenvalue weighted by Crippen LogP contribution is 2.24. The lowest BCUT2D eigenvalue weighted by atomic mass is 9.83. The number of benzene rings is 1. The van der Waals surface area contributed by atoms with Gasteiger partial charge in [0.2, 0.25) is 0 Å². The molecular weight excluding hydrogens is 198 g/mol. The normalized spacial score (nSPS) is 14.2. The monoisotopic (exact) mass is 219 g/mol. The second kappa shape index (κ2) is 5.71. The molecule has 0 aliphatic rings. The van der Waals surface area contributed by atoms with Crippen molar-refractivity contribution in [2.24, 2.45) is 5.41 Å². The van der Waals surface area contributed by atoms with Crippen LogP contribution in [0.15, 0.2) is 36.9 Å². The number of methoxy groups -OCH3 is 1. The van der Waals surface area contributed by atoms with E-state index >= 15 is 0 Å². The SMILES string of the molecule is C=CC(C)(CNC)Cc1cccc(OC)c1. The van der Waals surface area contributed by atoms with Gasteiger partial charge in [0, 0.05) is 12.0 Å². The first-order chi connectivity index (χ1) is 7.63. The zero-order chi connectivity index (χ0) is 12.0. The molecule has 0 aromatic heterocycles. The van der Waals surface area contributed by atoms with E-state index in [1.54, 1.807) is 7.11 Å². The summed E-state index contributed by atoms with van der Waals surface area (Å²) in [4.78, 5) is 0. The minimum absolute atomic E-state index is 0.0844. The first-order valence-corrected chi connectivity index (χ1v) is 5.54. The molecule has 0 aliphatic carbocycles. The van der Waals surface area contributed by atoms with Crippen molar-refractivity contribution in [3.05, 3.63) is 42.5 Å². The van der Waals surface area contributed by atoms with Crippen molar-refractivity contribution in [2.45, 2.75) is 13.3 Å². The van der Waals surface area contributed by atoms with Crippen LogP contribution in [-0.4, -0.2) is 20.7 Å². The standard InChI is InChI=1S/C14H21NO/c1-5-14(2,11-15-3)10-12-7-6-8-13(9-12)16-4/h5-9,15H,1,10-11H2,2-4H3. The van der Waals surface area contributed by atoms with E-state index in [4.69, 9.17) is 4.74 Å². The molecule has 1 N–H and O–H groups in total. The Labute approximate surface area is 98.3 Å². The predicted molar refractivity (Wildman–Crippen MR) is 68.9 cm³/mol. The maximum atomic E-state index is 5.22. The van der Waals surface area contributed by atoms with Crippen LogP contribution in [0.1, 0.15) is 12.5 Å². The first-order valence-electron chi connectivity index (χ1n) is 5.54. The molecule has 16 heavy (non-hydrogen) atoms. The molecule has 2 nitrogen and oxygen atoms in total. The molecule has 0 amide bonds. The zero-order valence-electron chi connectivity index (χ0n) is 10.4. The summed E-state index contributed by atoms with van der Waals surface area (Å²) in [7, 11) is 3.66. The van der Waals surface area contributed by atoms with Crippen LogP contribution in [0.4, 0.5) is 0 Å². The Balaban J connectivity index is 2.81. The maximum Gasteiger partial charge on any atom is 0.119 e. The minimum atomic E-state index is 0.0844. The van der Waals surface area contributed by atoms with Gasteiger partial charge in [0.05, 0.1) is 7.11 Å². The van der Waals surface area contributed by atoms with Gasteiger partial charge in [-0.1, -0.05) is 25.1 Å². The van der Waals surface area contributed by atoms with Crippen molar-refractivity contribution in [3.63, 3.8) is 0 Å². The molecule has 0 heterocycles. The van der Waals surface area contributed by atoms with E-state index in [0.717, 1.165) is 18.7 Å². The molecule has 0 spiro atoms. The average molecular weight is 219 g/mol. The maximum absolute atomic E-state index is 5.22. The third-order valence-corrected chi connectivity index (χ3v) is 2.82. The molecule has 0 radical (unpaired) electrons. The minimum Gasteiger partial charge on any atom is -0.497 e. The van der Waals surface area contributed by atoms with Gasteiger partial charge in [-0.15, -0.1) is 6.58 Å². The van der Waals surface area contributed by atoms with Crippen molar-refractivity contribution in [3.8, 4) is 5.75 Å². The quantitative estimate of drug-likeness (QED) is 0.743. The fourth-order valence-electron chi connectivity index (χ4n) is 1.86. The molecule has 0 aliphatic heterocycles. The van der Waals surface area contributed by atoms with Gasteiger partial charge < -0.3 is 10.1 Å². The molecule has 1 aromatic carbocycles. The highest BCUT2D eigenvalue weighted by Gasteiger charge is 2.19. The summed E-state index contributed by atoms with van der Waals surface area (Å²) in [6.07, 6.45) is 2.98. The van der Waals surface area contributed by atoms with Crippen molar-refractivity contribution in [2.75, 3.05) is 20.7 Å². The topological polar surface area (TPSA) is 21.3 Å². The third kappa shape index (κ3) is 3.38. The molecule has 0 saturated carbocycles. The predicted octanol–water partition coefficient (Wildman–Crippen LogP) is 2.65. The van der Waals surface area contributed by atoms with Gasteiger partial charge in [0.1, 0.15) is 5.75 Å². The number of nitrogens with one attached hydrogen (secondary N) is 1. The average Bonchev–Trinajstić information content (AvgIpc) is 2.29. The fourth-order valence-corrected chi connectivity index (χ4v) is 1.86. The molecular formula is C14H21NO. The van der Waals surface area contributed by atoms with E-state index in [9.17, 15) is 0 Å². The summed E-state index contributed by atoms with van der Waals surface area (Å²) in [6, 6.07) is 8.20. The number of hydrogen-bond acceptors (Lipinski definition) is 2. The summed E-state index contributed by atoms with van der Waals surface area (Å²) in [6.45, 7) is 7.05. The third-order valence-electron chi connectivity index (χ3n) is 2.82. The Morgan fingerprint density at radius 3 is 2.81 bits per heavy atom. The summed E-state index contributed by atoms with van der Waals surface area (Å²) in [5.74, 6) is 0.911. The lowest BCUT2D eigenvalue weighted by molar-refractivity contribution is 0.399. The fraction of sp³-hybridized carbons (Fsp3) is 0.429. The van der Waals surface area contributed by atoms with Crippen LogP contribution < -0.4 is 10.1 Å². The van der Waals surface area contributed by atoms with E-state index < -0.39 is 0 Å². The van der Waals surface area contributed by atoms with Crippen molar-refractivity contribution in [1.29, 1.82) is 0 Å². The van der Waals surface area contributed by atoms with Gasteiger partial charge in [-0.05, 0) is 31.2 Å². The molecule has 0 fully saturated rings. The molecule has 88 valence electrons. The Morgan fingerprint density at radius 2 is 2.25 bits per heavy atom. The lowest BCUT2D eigenvalue weighted by Crippen LogP contribution is -2.29. The Morgan fingerprint density at radius 1 is 1.50 bits per heavy atom. The summed E-state index contributed by atoms with van der Waals surface area (Å²) in [5.41, 5.74) is 1.36. The highest BCUT2D eigenvalue weighted by atomic mass is 16.5. The van der Waals surface area contributed by atoms with Gasteiger partial charge in [-0.3, -0.25) is 0 Å². The van der Waals surface area contributed by atoms with Crippen LogP contribution in [0, 0.1) is 5.41 Å². The van der Waals surface area contributed by atoms with E-state index in [1.165, 1.54) is 5.56 Å². The van der Waals surface area contributed by atoms with Gasteiger partial charge >= 0.3 is 0 Å². The molecule has 1 rings (SSSR count). The molecule has 1 unspecified atom stereocenters. The Bertz CT molecular complexity index is 348. The summed E-state index contributed by atoms with van der Waals surface area (Å²) in [5, 5.41) is 3.21. The largest absolute Gasteiger partial charge is 0.497 e. The first kappa shape index (κ1) is 12.8. The molecule has 1 atom stereocenters. The Hall–Kier alpha value is -1.28. The van der Waals surface area contributed by atoms with Crippen LogP contribution in [0.3, 0.4) is 0 Å². The molecule has 0 bridgehead atoms. The number of rotatable bonds is 6. The van der Waals surface area contributed by atoms with Crippen molar-refractivity contribution in [1.82, 2.24) is 5.32 Å². The van der Waals surface area contributed by atoms with E-state index in [-0.39, 0.29) is 5.41 Å². The van der Waals surface area contributed by atoms with Gasteiger partial charge in [-0.25, -0.2) is 0 Å². The van der Waals surface area contributed by atoms with Crippen molar-refractivity contribution >= 4 is 0 Å². The summed E-state index contributed by atoms with van der Waals surface area (Å²) < 4.78 is 5.22. The van der Waals surface area contributed by atoms with Gasteiger partial charge in [0.15, 0.2) is 0 Å². The number of ether oxygens (including phenoxy) is 1. The smallest absolute Gasteiger partial charge is 0.119 e. The molecule has 1 aromatic rings.